The van der Waals surface area contributed by atoms with Crippen molar-refractivity contribution in [1.29, 1.82) is 0 Å². The summed E-state index contributed by atoms with van der Waals surface area (Å²) in [5.41, 5.74) is 1.21. The highest BCUT2D eigenvalue weighted by molar-refractivity contribution is 8.00. The van der Waals surface area contributed by atoms with E-state index in [2.05, 4.69) is 5.32 Å². The van der Waals surface area contributed by atoms with E-state index < -0.39 is 23.6 Å². The first-order chi connectivity index (χ1) is 16.1. The predicted octanol–water partition coefficient (Wildman–Crippen LogP) is 5.98. The topological polar surface area (TPSA) is 83.5 Å². The molecule has 0 aliphatic carbocycles. The van der Waals surface area contributed by atoms with Crippen LogP contribution in [0.2, 0.25) is 0 Å². The Balaban J connectivity index is 1.77. The molecule has 3 rings (SSSR count). The third-order valence-corrected chi connectivity index (χ3v) is 6.89. The number of anilines is 1. The second kappa shape index (κ2) is 10.9. The van der Waals surface area contributed by atoms with E-state index in [9.17, 15) is 27.6 Å². The number of benzene rings is 2. The number of aliphatic carboxylic acids is 1. The summed E-state index contributed by atoms with van der Waals surface area (Å²) in [6.07, 6.45) is -3.74. The molecule has 0 radical (unpaired) electrons. The monoisotopic (exact) mass is 507 g/mol. The molecular weight excluding hydrogens is 487 g/mol. The number of carboxylic acid groups (broad SMARTS) is 1. The van der Waals surface area contributed by atoms with Crippen LogP contribution in [0.1, 0.15) is 33.3 Å². The average molecular weight is 508 g/mol. The van der Waals surface area contributed by atoms with Crippen LogP contribution in [0, 0.1) is 0 Å². The molecule has 0 saturated heterocycles. The fraction of sp³-hybridized carbons (Fsp3) is 0.208. The molecule has 5 nitrogen and oxygen atoms in total. The number of carbonyl (C=O) groups is 3. The number of halogens is 3. The van der Waals surface area contributed by atoms with Crippen molar-refractivity contribution in [3.8, 4) is 11.1 Å². The van der Waals surface area contributed by atoms with Gasteiger partial charge in [0.05, 0.1) is 22.6 Å². The van der Waals surface area contributed by atoms with Crippen molar-refractivity contribution >= 4 is 45.8 Å². The van der Waals surface area contributed by atoms with E-state index in [0.717, 1.165) is 28.8 Å². The van der Waals surface area contributed by atoms with Gasteiger partial charge in [-0.3, -0.25) is 14.4 Å². The number of thiophene rings is 1. The van der Waals surface area contributed by atoms with Gasteiger partial charge in [-0.25, -0.2) is 0 Å². The standard InChI is InChI=1S/C24H20F3NO4S2/c1-2-18-11-19(23(34-18)28-20(29)12-33-13-21(30)31)22(32)16-5-3-14(4-6-16)15-7-9-17(10-8-15)24(25,26)27/h3-11H,2,12-13H2,1H3,(H,28,29)(H,30,31). The Labute approximate surface area is 202 Å². The number of ketones is 1. The minimum absolute atomic E-state index is 0.0544. The molecule has 0 bridgehead atoms. The Hall–Kier alpha value is -3.11. The first kappa shape index (κ1) is 25.5. The SMILES string of the molecule is CCc1cc(C(=O)c2ccc(-c3ccc(C(F)(F)F)cc3)cc2)c(NC(=O)CSCC(=O)O)s1. The molecule has 0 aliphatic heterocycles. The van der Waals surface area contributed by atoms with Crippen LogP contribution in [0.25, 0.3) is 11.1 Å². The van der Waals surface area contributed by atoms with Gasteiger partial charge >= 0.3 is 12.1 Å². The van der Waals surface area contributed by atoms with Crippen molar-refractivity contribution in [2.24, 2.45) is 0 Å². The van der Waals surface area contributed by atoms with Crippen LogP contribution in [0.5, 0.6) is 0 Å². The largest absolute Gasteiger partial charge is 0.481 e. The first-order valence-corrected chi connectivity index (χ1v) is 12.1. The highest BCUT2D eigenvalue weighted by Gasteiger charge is 2.30. The lowest BCUT2D eigenvalue weighted by molar-refractivity contribution is -0.137. The van der Waals surface area contributed by atoms with Crippen molar-refractivity contribution in [2.75, 3.05) is 16.8 Å². The fourth-order valence-electron chi connectivity index (χ4n) is 3.09. The molecule has 178 valence electrons. The van der Waals surface area contributed by atoms with Crippen LogP contribution in [0.15, 0.2) is 54.6 Å². The third-order valence-electron chi connectivity index (χ3n) is 4.78. The van der Waals surface area contributed by atoms with Gasteiger partial charge in [0.25, 0.3) is 0 Å². The van der Waals surface area contributed by atoms with E-state index in [1.165, 1.54) is 23.5 Å². The van der Waals surface area contributed by atoms with Gasteiger partial charge in [-0.1, -0.05) is 43.3 Å². The quantitative estimate of drug-likeness (QED) is 0.348. The third kappa shape index (κ3) is 6.48. The highest BCUT2D eigenvalue weighted by Crippen LogP contribution is 2.33. The number of hydrogen-bond donors (Lipinski definition) is 2. The minimum atomic E-state index is -4.41. The molecule has 0 unspecified atom stereocenters. The zero-order valence-electron chi connectivity index (χ0n) is 17.9. The Morgan fingerprint density at radius 1 is 0.971 bits per heavy atom. The molecule has 2 aromatic carbocycles. The van der Waals surface area contributed by atoms with E-state index in [0.29, 0.717) is 33.7 Å². The Bertz CT molecular complexity index is 1190. The molecule has 1 heterocycles. The zero-order chi connectivity index (χ0) is 24.9. The molecule has 10 heteroatoms. The number of carbonyl (C=O) groups excluding carboxylic acids is 2. The van der Waals surface area contributed by atoms with Gasteiger partial charge in [0, 0.05) is 10.4 Å². The van der Waals surface area contributed by atoms with Crippen molar-refractivity contribution in [3.05, 3.63) is 76.2 Å². The Morgan fingerprint density at radius 3 is 2.09 bits per heavy atom. The lowest BCUT2D eigenvalue weighted by atomic mass is 9.99. The van der Waals surface area contributed by atoms with E-state index in [1.807, 2.05) is 6.92 Å². The van der Waals surface area contributed by atoms with Gasteiger partial charge in [-0.15, -0.1) is 23.1 Å². The summed E-state index contributed by atoms with van der Waals surface area (Å²) in [6.45, 7) is 1.92. The number of nitrogens with one attached hydrogen (secondary N) is 1. The van der Waals surface area contributed by atoms with Gasteiger partial charge in [-0.2, -0.15) is 13.2 Å². The molecule has 0 fully saturated rings. The van der Waals surface area contributed by atoms with Crippen molar-refractivity contribution < 1.29 is 32.7 Å². The summed E-state index contributed by atoms with van der Waals surface area (Å²) in [5, 5.41) is 11.8. The van der Waals surface area contributed by atoms with E-state index in [4.69, 9.17) is 5.11 Å². The van der Waals surface area contributed by atoms with Crippen molar-refractivity contribution in [3.63, 3.8) is 0 Å². The number of amides is 1. The molecular formula is C24H20F3NO4S2. The second-order valence-electron chi connectivity index (χ2n) is 7.23. The summed E-state index contributed by atoms with van der Waals surface area (Å²) >= 11 is 2.24. The number of rotatable bonds is 9. The van der Waals surface area contributed by atoms with E-state index in [1.54, 1.807) is 30.3 Å². The molecule has 1 aromatic heterocycles. The van der Waals surface area contributed by atoms with Crippen LogP contribution in [-0.4, -0.2) is 34.3 Å². The minimum Gasteiger partial charge on any atom is -0.481 e. The maximum atomic E-state index is 13.1. The average Bonchev–Trinajstić information content (AvgIpc) is 3.20. The van der Waals surface area contributed by atoms with Crippen LogP contribution < -0.4 is 5.32 Å². The van der Waals surface area contributed by atoms with E-state index in [-0.39, 0.29) is 17.3 Å². The van der Waals surface area contributed by atoms with Crippen molar-refractivity contribution in [2.45, 2.75) is 19.5 Å². The molecule has 0 aliphatic rings. The second-order valence-corrected chi connectivity index (χ2v) is 9.35. The van der Waals surface area contributed by atoms with Gasteiger partial charge < -0.3 is 10.4 Å². The number of aryl methyl sites for hydroxylation is 1. The number of hydrogen-bond acceptors (Lipinski definition) is 5. The van der Waals surface area contributed by atoms with Crippen LogP contribution in [-0.2, 0) is 22.2 Å². The maximum Gasteiger partial charge on any atom is 0.416 e. The van der Waals surface area contributed by atoms with Crippen LogP contribution >= 0.6 is 23.1 Å². The summed E-state index contributed by atoms with van der Waals surface area (Å²) in [4.78, 5) is 36.8. The van der Waals surface area contributed by atoms with Gasteiger partial charge in [-0.05, 0) is 35.7 Å². The molecule has 0 spiro atoms. The van der Waals surface area contributed by atoms with Crippen LogP contribution in [0.4, 0.5) is 18.2 Å². The fourth-order valence-corrected chi connectivity index (χ4v) is 4.64. The molecule has 34 heavy (non-hydrogen) atoms. The number of carboxylic acids is 1. The molecule has 2 N–H and O–H groups in total. The van der Waals surface area contributed by atoms with E-state index >= 15 is 0 Å². The van der Waals surface area contributed by atoms with Gasteiger partial charge in [0.2, 0.25) is 5.91 Å². The summed E-state index contributed by atoms with van der Waals surface area (Å²) in [6, 6.07) is 13.0. The predicted molar refractivity (Wildman–Crippen MR) is 128 cm³/mol. The molecule has 1 amide bonds. The number of thioether (sulfide) groups is 1. The maximum absolute atomic E-state index is 13.1. The van der Waals surface area contributed by atoms with Crippen molar-refractivity contribution in [1.82, 2.24) is 0 Å². The Kier molecular flexibility index (Phi) is 8.16. The lowest BCUT2D eigenvalue weighted by Gasteiger charge is -2.09. The Morgan fingerprint density at radius 2 is 1.56 bits per heavy atom. The van der Waals surface area contributed by atoms with Gasteiger partial charge in [0.1, 0.15) is 5.00 Å². The smallest absolute Gasteiger partial charge is 0.416 e. The lowest BCUT2D eigenvalue weighted by Crippen LogP contribution is -2.16. The molecule has 0 saturated carbocycles. The highest BCUT2D eigenvalue weighted by atomic mass is 32.2. The zero-order valence-corrected chi connectivity index (χ0v) is 19.6. The first-order valence-electron chi connectivity index (χ1n) is 10.1. The molecule has 3 aromatic rings. The van der Waals surface area contributed by atoms with Gasteiger partial charge in [0.15, 0.2) is 5.78 Å². The molecule has 0 atom stereocenters. The van der Waals surface area contributed by atoms with Crippen LogP contribution in [0.3, 0.4) is 0 Å². The summed E-state index contributed by atoms with van der Waals surface area (Å²) in [5.74, 6) is -1.97. The number of alkyl halides is 3. The summed E-state index contributed by atoms with van der Waals surface area (Å²) < 4.78 is 38.3. The normalized spacial score (nSPS) is 11.3. The summed E-state index contributed by atoms with van der Waals surface area (Å²) in [7, 11) is 0.